The number of rotatable bonds is 4. The number of halogens is 2. The molecule has 2 aromatic carbocycles. The standard InChI is InChI=1S/C11H10F2N2O2.C7H6O/c1-14-9-6-16-10(15-9)7-3-2-4-8(5-7)17-11(12)13;1-3-7-4-2-6(1)5-8-7/h2-6,11,14H,1H3;1-4H,5H2. The van der Waals surface area contributed by atoms with Gasteiger partial charge in [-0.3, -0.25) is 0 Å². The van der Waals surface area contributed by atoms with Crippen LogP contribution in [0, 0.1) is 0 Å². The first-order chi connectivity index (χ1) is 12.1. The molecular weight excluding hydrogens is 330 g/mol. The number of alkyl halides is 2. The van der Waals surface area contributed by atoms with Gasteiger partial charge >= 0.3 is 6.61 Å². The molecule has 0 fully saturated rings. The average molecular weight is 346 g/mol. The Labute approximate surface area is 143 Å². The zero-order valence-electron chi connectivity index (χ0n) is 13.4. The van der Waals surface area contributed by atoms with Crippen molar-refractivity contribution < 1.29 is 22.7 Å². The van der Waals surface area contributed by atoms with E-state index < -0.39 is 6.61 Å². The van der Waals surface area contributed by atoms with Crippen LogP contribution in [-0.4, -0.2) is 18.6 Å². The summed E-state index contributed by atoms with van der Waals surface area (Å²) < 4.78 is 38.7. The first kappa shape index (κ1) is 16.8. The number of benzene rings is 2. The molecule has 0 atom stereocenters. The van der Waals surface area contributed by atoms with Gasteiger partial charge in [-0.1, -0.05) is 18.2 Å². The van der Waals surface area contributed by atoms with Gasteiger partial charge in [-0.25, -0.2) is 0 Å². The summed E-state index contributed by atoms with van der Waals surface area (Å²) >= 11 is 0. The lowest BCUT2D eigenvalue weighted by Gasteiger charge is -2.11. The van der Waals surface area contributed by atoms with Gasteiger partial charge in [-0.05, 0) is 35.9 Å². The third-order valence-electron chi connectivity index (χ3n) is 3.40. The zero-order chi connectivity index (χ0) is 17.6. The number of oxazole rings is 1. The molecule has 2 aliphatic heterocycles. The number of aromatic nitrogens is 1. The van der Waals surface area contributed by atoms with E-state index in [0.29, 0.717) is 17.3 Å². The fraction of sp³-hybridized carbons (Fsp3) is 0.167. The predicted octanol–water partition coefficient (Wildman–Crippen LogP) is 4.56. The van der Waals surface area contributed by atoms with E-state index >= 15 is 0 Å². The van der Waals surface area contributed by atoms with E-state index in [1.807, 2.05) is 12.1 Å². The van der Waals surface area contributed by atoms with Crippen LogP contribution in [0.1, 0.15) is 5.56 Å². The van der Waals surface area contributed by atoms with Gasteiger partial charge in [0.15, 0.2) is 5.82 Å². The molecule has 25 heavy (non-hydrogen) atoms. The second-order valence-electron chi connectivity index (χ2n) is 5.13. The summed E-state index contributed by atoms with van der Waals surface area (Å²) in [6, 6.07) is 14.3. The fourth-order valence-electron chi connectivity index (χ4n) is 2.18. The van der Waals surface area contributed by atoms with Gasteiger partial charge in [0.1, 0.15) is 24.4 Å². The Balaban J connectivity index is 0.000000188. The molecule has 5 nitrogen and oxygen atoms in total. The molecule has 1 aromatic heterocycles. The first-order valence-electron chi connectivity index (χ1n) is 7.54. The molecule has 2 aliphatic rings. The maximum Gasteiger partial charge on any atom is 0.387 e. The van der Waals surface area contributed by atoms with Crippen LogP contribution in [0.5, 0.6) is 11.5 Å². The third-order valence-corrected chi connectivity index (χ3v) is 3.40. The number of anilines is 1. The molecule has 0 saturated carbocycles. The lowest BCUT2D eigenvalue weighted by Crippen LogP contribution is -2.01. The van der Waals surface area contributed by atoms with E-state index in [2.05, 4.69) is 27.2 Å². The Morgan fingerprint density at radius 3 is 2.44 bits per heavy atom. The van der Waals surface area contributed by atoms with Crippen molar-refractivity contribution in [2.24, 2.45) is 0 Å². The molecule has 0 spiro atoms. The topological polar surface area (TPSA) is 56.5 Å². The highest BCUT2D eigenvalue weighted by Crippen LogP contribution is 2.25. The van der Waals surface area contributed by atoms with Crippen LogP contribution in [0.15, 0.2) is 59.2 Å². The average Bonchev–Trinajstić information content (AvgIpc) is 3.13. The summed E-state index contributed by atoms with van der Waals surface area (Å²) in [5.74, 6) is 1.97. The van der Waals surface area contributed by atoms with Gasteiger partial charge < -0.3 is 19.2 Å². The van der Waals surface area contributed by atoms with E-state index in [1.54, 1.807) is 19.2 Å². The van der Waals surface area contributed by atoms with Crippen molar-refractivity contribution >= 4 is 5.82 Å². The van der Waals surface area contributed by atoms with Crippen molar-refractivity contribution in [3.8, 4) is 23.0 Å². The van der Waals surface area contributed by atoms with E-state index in [-0.39, 0.29) is 5.75 Å². The van der Waals surface area contributed by atoms with E-state index in [0.717, 1.165) is 12.4 Å². The molecule has 3 aromatic rings. The van der Waals surface area contributed by atoms with Crippen LogP contribution in [0.2, 0.25) is 0 Å². The normalized spacial score (nSPS) is 11.5. The number of hydrogen-bond donors (Lipinski definition) is 1. The molecule has 0 amide bonds. The molecule has 0 saturated heterocycles. The van der Waals surface area contributed by atoms with Crippen LogP contribution in [0.25, 0.3) is 11.5 Å². The van der Waals surface area contributed by atoms with Crippen LogP contribution >= 0.6 is 0 Å². The van der Waals surface area contributed by atoms with Crippen molar-refractivity contribution in [1.82, 2.24) is 4.98 Å². The SMILES string of the molecule is CNc1coc(-c2cccc(OC(F)F)c2)n1.c1cc2ccc1CO2. The van der Waals surface area contributed by atoms with Crippen molar-refractivity contribution in [3.05, 3.63) is 60.4 Å². The lowest BCUT2D eigenvalue weighted by atomic mass is 10.2. The first-order valence-corrected chi connectivity index (χ1v) is 7.54. The molecular formula is C18H16F2N2O3. The number of nitrogens with one attached hydrogen (secondary N) is 1. The van der Waals surface area contributed by atoms with Crippen LogP contribution in [0.3, 0.4) is 0 Å². The Hall–Kier alpha value is -3.09. The van der Waals surface area contributed by atoms with Gasteiger partial charge in [0.2, 0.25) is 5.89 Å². The van der Waals surface area contributed by atoms with Gasteiger partial charge in [0, 0.05) is 12.6 Å². The maximum absolute atomic E-state index is 12.0. The predicted molar refractivity (Wildman–Crippen MR) is 88.9 cm³/mol. The molecule has 0 unspecified atom stereocenters. The summed E-state index contributed by atoms with van der Waals surface area (Å²) in [6.45, 7) is -2.08. The van der Waals surface area contributed by atoms with E-state index in [9.17, 15) is 8.78 Å². The number of nitrogens with zero attached hydrogens (tertiary/aromatic N) is 1. The molecule has 0 radical (unpaired) electrons. The Bertz CT molecular complexity index is 796. The molecule has 3 heterocycles. The molecule has 130 valence electrons. The number of hydrogen-bond acceptors (Lipinski definition) is 5. The largest absolute Gasteiger partial charge is 0.489 e. The second-order valence-corrected chi connectivity index (χ2v) is 5.13. The Kier molecular flexibility index (Phi) is 5.13. The van der Waals surface area contributed by atoms with Gasteiger partial charge in [0.05, 0.1) is 0 Å². The minimum Gasteiger partial charge on any atom is -0.489 e. The highest BCUT2D eigenvalue weighted by Gasteiger charge is 2.09. The van der Waals surface area contributed by atoms with E-state index in [1.165, 1.54) is 24.0 Å². The second kappa shape index (κ2) is 7.65. The molecule has 5 rings (SSSR count). The van der Waals surface area contributed by atoms with Gasteiger partial charge in [-0.2, -0.15) is 13.8 Å². The van der Waals surface area contributed by atoms with Gasteiger partial charge in [0.25, 0.3) is 0 Å². The highest BCUT2D eigenvalue weighted by molar-refractivity contribution is 5.57. The minimum absolute atomic E-state index is 0.0710. The summed E-state index contributed by atoms with van der Waals surface area (Å²) in [4.78, 5) is 4.10. The summed E-state index contributed by atoms with van der Waals surface area (Å²) in [5, 5.41) is 2.81. The summed E-state index contributed by atoms with van der Waals surface area (Å²) in [5.41, 5.74) is 1.84. The van der Waals surface area contributed by atoms with Crippen molar-refractivity contribution in [2.75, 3.05) is 12.4 Å². The quantitative estimate of drug-likeness (QED) is 0.750. The van der Waals surface area contributed by atoms with Crippen molar-refractivity contribution in [2.45, 2.75) is 13.2 Å². The third kappa shape index (κ3) is 4.47. The van der Waals surface area contributed by atoms with Crippen LogP contribution in [0.4, 0.5) is 14.6 Å². The Morgan fingerprint density at radius 2 is 1.96 bits per heavy atom. The maximum atomic E-state index is 12.0. The highest BCUT2D eigenvalue weighted by atomic mass is 19.3. The van der Waals surface area contributed by atoms with Crippen LogP contribution in [-0.2, 0) is 6.61 Å². The smallest absolute Gasteiger partial charge is 0.387 e. The molecule has 0 aliphatic carbocycles. The summed E-state index contributed by atoms with van der Waals surface area (Å²) in [6.07, 6.45) is 1.44. The van der Waals surface area contributed by atoms with Crippen molar-refractivity contribution in [1.29, 1.82) is 0 Å². The number of ether oxygens (including phenoxy) is 2. The van der Waals surface area contributed by atoms with Gasteiger partial charge in [-0.15, -0.1) is 0 Å². The zero-order valence-corrected chi connectivity index (χ0v) is 13.4. The number of fused-ring (bicyclic) bond motifs is 3. The monoisotopic (exact) mass is 346 g/mol. The Morgan fingerprint density at radius 1 is 1.16 bits per heavy atom. The minimum atomic E-state index is -2.84. The lowest BCUT2D eigenvalue weighted by molar-refractivity contribution is -0.0498. The molecule has 1 N–H and O–H groups in total. The van der Waals surface area contributed by atoms with Crippen molar-refractivity contribution in [3.63, 3.8) is 0 Å². The fourth-order valence-corrected chi connectivity index (χ4v) is 2.18. The molecule has 2 bridgehead atoms. The van der Waals surface area contributed by atoms with Crippen LogP contribution < -0.4 is 14.8 Å². The molecule has 7 heteroatoms. The summed E-state index contributed by atoms with van der Waals surface area (Å²) in [7, 11) is 1.71. The van der Waals surface area contributed by atoms with E-state index in [4.69, 9.17) is 9.15 Å².